The van der Waals surface area contributed by atoms with Crippen LogP contribution in [0.15, 0.2) is 66.3 Å². The molecule has 3 aromatic rings. The van der Waals surface area contributed by atoms with Gasteiger partial charge in [0.1, 0.15) is 0 Å². The van der Waals surface area contributed by atoms with Crippen molar-refractivity contribution in [2.45, 2.75) is 44.4 Å². The Hall–Kier alpha value is -3.39. The first-order valence-electron chi connectivity index (χ1n) is 11.4. The van der Waals surface area contributed by atoms with Gasteiger partial charge in [0.05, 0.1) is 11.8 Å². The van der Waals surface area contributed by atoms with Gasteiger partial charge in [0.2, 0.25) is 5.91 Å². The van der Waals surface area contributed by atoms with E-state index < -0.39 is 0 Å². The number of carbonyl (C=O) groups is 2. The van der Waals surface area contributed by atoms with Crippen molar-refractivity contribution in [3.8, 4) is 0 Å². The van der Waals surface area contributed by atoms with E-state index in [1.165, 1.54) is 11.8 Å². The van der Waals surface area contributed by atoms with E-state index >= 15 is 0 Å². The van der Waals surface area contributed by atoms with Gasteiger partial charge in [-0.1, -0.05) is 47.7 Å². The molecule has 0 radical (unpaired) electrons. The molecule has 2 amide bonds. The van der Waals surface area contributed by atoms with Gasteiger partial charge in [0.25, 0.3) is 5.91 Å². The lowest BCUT2D eigenvalue weighted by Crippen LogP contribution is -2.32. The fourth-order valence-corrected chi connectivity index (χ4v) is 4.90. The maximum Gasteiger partial charge on any atom is 0.254 e. The molecule has 1 N–H and O–H groups in total. The molecule has 8 heteroatoms. The van der Waals surface area contributed by atoms with E-state index in [4.69, 9.17) is 0 Å². The summed E-state index contributed by atoms with van der Waals surface area (Å²) in [5.74, 6) is 0.837. The second-order valence-corrected chi connectivity index (χ2v) is 9.41. The molecule has 2 aromatic carbocycles. The molecule has 4 rings (SSSR count). The molecule has 1 aliphatic rings. The zero-order valence-electron chi connectivity index (χ0n) is 19.5. The van der Waals surface area contributed by atoms with E-state index in [2.05, 4.69) is 22.1 Å². The first-order chi connectivity index (χ1) is 16.5. The molecule has 34 heavy (non-hydrogen) atoms. The smallest absolute Gasteiger partial charge is 0.254 e. The van der Waals surface area contributed by atoms with Crippen molar-refractivity contribution < 1.29 is 9.59 Å². The van der Waals surface area contributed by atoms with Crippen molar-refractivity contribution in [3.63, 3.8) is 0 Å². The quantitative estimate of drug-likeness (QED) is 0.374. The van der Waals surface area contributed by atoms with Crippen molar-refractivity contribution in [2.75, 3.05) is 17.6 Å². The number of allylic oxidation sites excluding steroid dienone is 1. The fourth-order valence-electron chi connectivity index (χ4n) is 4.14. The van der Waals surface area contributed by atoms with Gasteiger partial charge in [-0.15, -0.1) is 16.8 Å². The predicted octanol–water partition coefficient (Wildman–Crippen LogP) is 4.79. The van der Waals surface area contributed by atoms with Gasteiger partial charge < -0.3 is 14.8 Å². The van der Waals surface area contributed by atoms with Crippen LogP contribution in [0.25, 0.3) is 0 Å². The van der Waals surface area contributed by atoms with Crippen molar-refractivity contribution in [1.82, 2.24) is 19.7 Å². The molecule has 0 spiro atoms. The molecule has 1 unspecified atom stereocenters. The second kappa shape index (κ2) is 10.7. The molecule has 0 aliphatic carbocycles. The topological polar surface area (TPSA) is 80.1 Å². The van der Waals surface area contributed by atoms with Crippen LogP contribution in [0.5, 0.6) is 0 Å². The summed E-state index contributed by atoms with van der Waals surface area (Å²) >= 11 is 1.33. The molecule has 0 bridgehead atoms. The number of aryl methyl sites for hydroxylation is 2. The third-order valence-electron chi connectivity index (χ3n) is 5.80. The Kier molecular flexibility index (Phi) is 7.47. The molecule has 1 fully saturated rings. The minimum absolute atomic E-state index is 0.00221. The van der Waals surface area contributed by atoms with Crippen LogP contribution in [-0.2, 0) is 11.3 Å². The number of rotatable bonds is 8. The number of benzene rings is 2. The number of hydrogen-bond acceptors (Lipinski definition) is 5. The highest BCUT2D eigenvalue weighted by atomic mass is 32.2. The number of thioether (sulfide) groups is 1. The van der Waals surface area contributed by atoms with Crippen LogP contribution in [-0.4, -0.2) is 43.8 Å². The highest BCUT2D eigenvalue weighted by molar-refractivity contribution is 7.99. The maximum atomic E-state index is 13.2. The number of nitrogens with one attached hydrogen (secondary N) is 1. The van der Waals surface area contributed by atoms with Crippen LogP contribution in [0, 0.1) is 13.8 Å². The van der Waals surface area contributed by atoms with Gasteiger partial charge in [-0.3, -0.25) is 9.59 Å². The normalized spacial score (nSPS) is 15.4. The largest absolute Gasteiger partial charge is 0.328 e. The van der Waals surface area contributed by atoms with Gasteiger partial charge in [0, 0.05) is 24.3 Å². The highest BCUT2D eigenvalue weighted by Crippen LogP contribution is 2.34. The van der Waals surface area contributed by atoms with Crippen LogP contribution in [0.1, 0.15) is 46.2 Å². The van der Waals surface area contributed by atoms with Gasteiger partial charge in [-0.25, -0.2) is 0 Å². The van der Waals surface area contributed by atoms with E-state index in [9.17, 15) is 9.59 Å². The first-order valence-corrected chi connectivity index (χ1v) is 12.4. The molecular weight excluding hydrogens is 446 g/mol. The Balaban J connectivity index is 1.48. The lowest BCUT2D eigenvalue weighted by molar-refractivity contribution is -0.113. The lowest BCUT2D eigenvalue weighted by atomic mass is 10.1. The number of likely N-dealkylation sites (tertiary alicyclic amines) is 1. The van der Waals surface area contributed by atoms with E-state index in [0.29, 0.717) is 23.8 Å². The van der Waals surface area contributed by atoms with Crippen LogP contribution in [0.3, 0.4) is 0 Å². The zero-order valence-corrected chi connectivity index (χ0v) is 20.3. The molecule has 7 nitrogen and oxygen atoms in total. The number of carbonyl (C=O) groups excluding carboxylic acids is 2. The average molecular weight is 476 g/mol. The first kappa shape index (κ1) is 23.8. The van der Waals surface area contributed by atoms with Crippen molar-refractivity contribution in [2.24, 2.45) is 0 Å². The summed E-state index contributed by atoms with van der Waals surface area (Å²) in [4.78, 5) is 27.6. The van der Waals surface area contributed by atoms with Crippen LogP contribution < -0.4 is 5.32 Å². The molecular formula is C26H29N5O2S. The summed E-state index contributed by atoms with van der Waals surface area (Å²) in [7, 11) is 0. The average Bonchev–Trinajstić information content (AvgIpc) is 3.45. The Bertz CT molecular complexity index is 1190. The van der Waals surface area contributed by atoms with Crippen molar-refractivity contribution in [1.29, 1.82) is 0 Å². The second-order valence-electron chi connectivity index (χ2n) is 8.47. The third kappa shape index (κ3) is 5.39. The van der Waals surface area contributed by atoms with Crippen LogP contribution in [0.4, 0.5) is 5.69 Å². The Morgan fingerprint density at radius 3 is 2.68 bits per heavy atom. The minimum atomic E-state index is -0.156. The Labute approximate surface area is 204 Å². The molecule has 0 saturated carbocycles. The Morgan fingerprint density at radius 1 is 1.15 bits per heavy atom. The molecule has 1 aromatic heterocycles. The van der Waals surface area contributed by atoms with Crippen molar-refractivity contribution in [3.05, 3.63) is 83.7 Å². The van der Waals surface area contributed by atoms with E-state index in [1.54, 1.807) is 6.08 Å². The molecule has 176 valence electrons. The summed E-state index contributed by atoms with van der Waals surface area (Å²) in [5, 5.41) is 12.4. The third-order valence-corrected chi connectivity index (χ3v) is 6.77. The summed E-state index contributed by atoms with van der Waals surface area (Å²) in [6, 6.07) is 15.2. The minimum Gasteiger partial charge on any atom is -0.328 e. The van der Waals surface area contributed by atoms with Gasteiger partial charge in [-0.2, -0.15) is 0 Å². The van der Waals surface area contributed by atoms with Gasteiger partial charge in [0.15, 0.2) is 11.0 Å². The highest BCUT2D eigenvalue weighted by Gasteiger charge is 2.34. The SMILES string of the molecule is C=CCn1c(SCC(=O)Nc2cccc(C)c2)nnc1C1CCCN1C(=O)c1ccc(C)cc1. The molecule has 1 aliphatic heterocycles. The number of nitrogens with zero attached hydrogens (tertiary/aromatic N) is 4. The summed E-state index contributed by atoms with van der Waals surface area (Å²) < 4.78 is 1.96. The standard InChI is InChI=1S/C26H29N5O2S/c1-4-14-31-24(22-9-6-15-30(22)25(33)20-12-10-18(2)11-13-20)28-29-26(31)34-17-23(32)27-21-8-5-7-19(3)16-21/h4-5,7-8,10-13,16,22H,1,6,9,14-15,17H2,2-3H3,(H,27,32). The van der Waals surface area contributed by atoms with E-state index in [1.807, 2.05) is 71.8 Å². The summed E-state index contributed by atoms with van der Waals surface area (Å²) in [6.45, 7) is 9.05. The van der Waals surface area contributed by atoms with Crippen LogP contribution >= 0.6 is 11.8 Å². The number of anilines is 1. The summed E-state index contributed by atoms with van der Waals surface area (Å²) in [5.41, 5.74) is 3.65. The van der Waals surface area contributed by atoms with Gasteiger partial charge >= 0.3 is 0 Å². The zero-order chi connectivity index (χ0) is 24.1. The predicted molar refractivity (Wildman–Crippen MR) is 135 cm³/mol. The number of hydrogen-bond donors (Lipinski definition) is 1. The summed E-state index contributed by atoms with van der Waals surface area (Å²) in [6.07, 6.45) is 3.51. The van der Waals surface area contributed by atoms with Crippen LogP contribution in [0.2, 0.25) is 0 Å². The monoisotopic (exact) mass is 475 g/mol. The Morgan fingerprint density at radius 2 is 1.94 bits per heavy atom. The lowest BCUT2D eigenvalue weighted by Gasteiger charge is -2.24. The fraction of sp³-hybridized carbons (Fsp3) is 0.308. The number of aromatic nitrogens is 3. The molecule has 1 atom stereocenters. The maximum absolute atomic E-state index is 13.2. The molecule has 1 saturated heterocycles. The van der Waals surface area contributed by atoms with Crippen molar-refractivity contribution >= 4 is 29.3 Å². The van der Waals surface area contributed by atoms with E-state index in [0.717, 1.165) is 35.5 Å². The number of amides is 2. The molecule has 2 heterocycles. The van der Waals surface area contributed by atoms with Gasteiger partial charge in [-0.05, 0) is 56.5 Å². The van der Waals surface area contributed by atoms with E-state index in [-0.39, 0.29) is 23.6 Å².